The summed E-state index contributed by atoms with van der Waals surface area (Å²) in [5.41, 5.74) is 1.44. The van der Waals surface area contributed by atoms with Gasteiger partial charge in [-0.15, -0.1) is 11.8 Å². The van der Waals surface area contributed by atoms with Crippen LogP contribution in [0.25, 0.3) is 0 Å². The van der Waals surface area contributed by atoms with E-state index >= 15 is 0 Å². The smallest absolute Gasteiger partial charge is 0.0695 e. The van der Waals surface area contributed by atoms with Gasteiger partial charge in [0.2, 0.25) is 0 Å². The van der Waals surface area contributed by atoms with Gasteiger partial charge in [0, 0.05) is 6.20 Å². The molecule has 1 nitrogen and oxygen atoms in total. The first kappa shape index (κ1) is 11.9. The summed E-state index contributed by atoms with van der Waals surface area (Å²) in [6.07, 6.45) is 4.42. The molecule has 0 aliphatic carbocycles. The Morgan fingerprint density at radius 2 is 1.94 bits per heavy atom. The summed E-state index contributed by atoms with van der Waals surface area (Å²) in [4.78, 5) is 2.42. The van der Waals surface area contributed by atoms with Crippen LogP contribution in [-0.2, 0) is 5.54 Å². The summed E-state index contributed by atoms with van der Waals surface area (Å²) in [5, 5.41) is 0. The van der Waals surface area contributed by atoms with Crippen LogP contribution in [-0.4, -0.2) is 17.0 Å². The van der Waals surface area contributed by atoms with E-state index in [1.807, 2.05) is 23.5 Å². The summed E-state index contributed by atoms with van der Waals surface area (Å²) in [7, 11) is 0. The Labute approximate surface area is 106 Å². The Morgan fingerprint density at radius 3 is 2.50 bits per heavy atom. The molecule has 0 N–H and O–H groups in total. The molecular weight excluding hydrogens is 234 g/mol. The highest BCUT2D eigenvalue weighted by Gasteiger charge is 2.29. The molecule has 3 heteroatoms. The lowest BCUT2D eigenvalue weighted by Crippen LogP contribution is -2.35. The first-order valence-corrected chi connectivity index (χ1v) is 7.56. The fraction of sp³-hybridized carbons (Fsp3) is 0.385. The summed E-state index contributed by atoms with van der Waals surface area (Å²) >= 11 is 3.75. The number of thioether (sulfide) groups is 2. The van der Waals surface area contributed by atoms with Crippen LogP contribution in [0.3, 0.4) is 0 Å². The van der Waals surface area contributed by atoms with Crippen LogP contribution in [0.2, 0.25) is 0 Å². The molecule has 0 bridgehead atoms. The van der Waals surface area contributed by atoms with Crippen molar-refractivity contribution in [1.82, 2.24) is 4.90 Å². The zero-order chi connectivity index (χ0) is 11.6. The first-order chi connectivity index (χ1) is 7.64. The fourth-order valence-electron chi connectivity index (χ4n) is 1.78. The van der Waals surface area contributed by atoms with Crippen molar-refractivity contribution in [3.05, 3.63) is 46.3 Å². The van der Waals surface area contributed by atoms with Gasteiger partial charge in [-0.2, -0.15) is 0 Å². The molecule has 0 saturated carbocycles. The number of hydrogen-bond donors (Lipinski definition) is 0. The molecule has 1 aliphatic heterocycles. The summed E-state index contributed by atoms with van der Waals surface area (Å²) < 4.78 is 1.41. The number of benzene rings is 1. The second-order valence-corrected chi connectivity index (χ2v) is 6.41. The Morgan fingerprint density at radius 1 is 1.25 bits per heavy atom. The van der Waals surface area contributed by atoms with Gasteiger partial charge in [-0.1, -0.05) is 42.1 Å². The van der Waals surface area contributed by atoms with Crippen LogP contribution < -0.4 is 0 Å². The maximum atomic E-state index is 2.42. The van der Waals surface area contributed by atoms with Crippen molar-refractivity contribution in [2.24, 2.45) is 0 Å². The van der Waals surface area contributed by atoms with E-state index in [0.717, 1.165) is 5.88 Å². The molecular formula is C13H17NS2. The average molecular weight is 251 g/mol. The maximum Gasteiger partial charge on any atom is 0.0695 e. The van der Waals surface area contributed by atoms with Gasteiger partial charge in [0.05, 0.1) is 15.7 Å². The lowest BCUT2D eigenvalue weighted by molar-refractivity contribution is 0.222. The van der Waals surface area contributed by atoms with Gasteiger partial charge in [0.25, 0.3) is 0 Å². The minimum Gasteiger partial charge on any atom is -0.357 e. The quantitative estimate of drug-likeness (QED) is 0.796. The Bertz CT molecular complexity index is 384. The van der Waals surface area contributed by atoms with Crippen molar-refractivity contribution in [2.45, 2.75) is 19.4 Å². The van der Waals surface area contributed by atoms with Crippen molar-refractivity contribution >= 4 is 23.5 Å². The maximum absolute atomic E-state index is 2.42. The Hall–Kier alpha value is -0.540. The molecule has 1 heterocycles. The third kappa shape index (κ3) is 2.25. The minimum absolute atomic E-state index is 0.0751. The molecule has 1 aromatic rings. The average Bonchev–Trinajstić information content (AvgIpc) is 2.79. The van der Waals surface area contributed by atoms with Crippen molar-refractivity contribution < 1.29 is 0 Å². The minimum atomic E-state index is 0.0751. The van der Waals surface area contributed by atoms with E-state index in [4.69, 9.17) is 0 Å². The highest BCUT2D eigenvalue weighted by Crippen LogP contribution is 2.40. The van der Waals surface area contributed by atoms with E-state index in [1.165, 1.54) is 9.80 Å². The largest absolute Gasteiger partial charge is 0.357 e. The summed E-state index contributed by atoms with van der Waals surface area (Å²) in [5.74, 6) is 1.05. The summed E-state index contributed by atoms with van der Waals surface area (Å²) in [6.45, 7) is 4.56. The highest BCUT2D eigenvalue weighted by molar-refractivity contribution is 8.22. The fourth-order valence-corrected chi connectivity index (χ4v) is 3.51. The predicted octanol–water partition coefficient (Wildman–Crippen LogP) is 4.09. The molecule has 0 saturated heterocycles. The molecule has 0 aromatic heterocycles. The molecule has 0 radical (unpaired) electrons. The van der Waals surface area contributed by atoms with E-state index in [9.17, 15) is 0 Å². The molecule has 16 heavy (non-hydrogen) atoms. The lowest BCUT2D eigenvalue weighted by Gasteiger charge is -2.35. The number of nitrogens with zero attached hydrogens (tertiary/aromatic N) is 1. The van der Waals surface area contributed by atoms with Crippen molar-refractivity contribution in [2.75, 3.05) is 12.1 Å². The van der Waals surface area contributed by atoms with Crippen LogP contribution in [0.4, 0.5) is 0 Å². The summed E-state index contributed by atoms with van der Waals surface area (Å²) in [6, 6.07) is 10.7. The predicted molar refractivity (Wildman–Crippen MR) is 75.4 cm³/mol. The van der Waals surface area contributed by atoms with E-state index in [-0.39, 0.29) is 5.54 Å². The third-order valence-corrected chi connectivity index (χ3v) is 5.17. The topological polar surface area (TPSA) is 3.24 Å². The lowest BCUT2D eigenvalue weighted by atomic mass is 9.93. The first-order valence-electron chi connectivity index (χ1n) is 5.35. The zero-order valence-electron chi connectivity index (χ0n) is 9.93. The molecule has 0 amide bonds. The van der Waals surface area contributed by atoms with Crippen LogP contribution in [0, 0.1) is 0 Å². The van der Waals surface area contributed by atoms with Gasteiger partial charge in [0.15, 0.2) is 0 Å². The van der Waals surface area contributed by atoms with Gasteiger partial charge >= 0.3 is 0 Å². The second-order valence-electron chi connectivity index (χ2n) is 4.32. The third-order valence-electron chi connectivity index (χ3n) is 3.01. The molecule has 1 aromatic carbocycles. The van der Waals surface area contributed by atoms with Crippen molar-refractivity contribution in [1.29, 1.82) is 0 Å². The number of hydrogen-bond acceptors (Lipinski definition) is 3. The molecule has 0 fully saturated rings. The molecule has 0 spiro atoms. The van der Waals surface area contributed by atoms with Crippen LogP contribution in [0.5, 0.6) is 0 Å². The monoisotopic (exact) mass is 251 g/mol. The Balaban J connectivity index is 2.23. The normalized spacial score (nSPS) is 16.4. The second kappa shape index (κ2) is 4.76. The van der Waals surface area contributed by atoms with Crippen LogP contribution in [0.15, 0.2) is 40.8 Å². The molecule has 0 unspecified atom stereocenters. The van der Waals surface area contributed by atoms with E-state index in [2.05, 4.69) is 61.5 Å². The van der Waals surface area contributed by atoms with E-state index in [0.29, 0.717) is 0 Å². The van der Waals surface area contributed by atoms with Gasteiger partial charge in [-0.3, -0.25) is 0 Å². The molecule has 1 aliphatic rings. The zero-order valence-corrected chi connectivity index (χ0v) is 11.6. The standard InChI is InChI=1S/C13H17NS2/c1-13(2,11-7-5-4-6-8-11)14-9-12(15-3)16-10-14/h4-9H,10H2,1-3H3. The van der Waals surface area contributed by atoms with E-state index in [1.54, 1.807) is 0 Å². The van der Waals surface area contributed by atoms with Gasteiger partial charge in [-0.05, 0) is 25.7 Å². The van der Waals surface area contributed by atoms with Crippen LogP contribution >= 0.6 is 23.5 Å². The van der Waals surface area contributed by atoms with E-state index < -0.39 is 0 Å². The molecule has 2 rings (SSSR count). The Kier molecular flexibility index (Phi) is 3.55. The highest BCUT2D eigenvalue weighted by atomic mass is 32.2. The van der Waals surface area contributed by atoms with Gasteiger partial charge in [-0.25, -0.2) is 0 Å². The molecule has 0 atom stereocenters. The van der Waals surface area contributed by atoms with Crippen molar-refractivity contribution in [3.63, 3.8) is 0 Å². The van der Waals surface area contributed by atoms with Crippen LogP contribution in [0.1, 0.15) is 19.4 Å². The SMILES string of the molecule is CSC1=CN(C(C)(C)c2ccccc2)CS1. The van der Waals surface area contributed by atoms with Gasteiger partial charge < -0.3 is 4.90 Å². The van der Waals surface area contributed by atoms with Crippen molar-refractivity contribution in [3.8, 4) is 0 Å². The number of rotatable bonds is 3. The molecule has 86 valence electrons. The van der Waals surface area contributed by atoms with Gasteiger partial charge in [0.1, 0.15) is 0 Å².